The summed E-state index contributed by atoms with van der Waals surface area (Å²) in [4.78, 5) is 29.0. The molecule has 0 fully saturated rings. The molecule has 1 aromatic heterocycles. The monoisotopic (exact) mass is 527 g/mol. The number of pyridine rings is 1. The summed E-state index contributed by atoms with van der Waals surface area (Å²) in [6, 6.07) is 0. The highest BCUT2D eigenvalue weighted by Crippen LogP contribution is 2.30. The molecule has 0 aromatic carbocycles. The van der Waals surface area contributed by atoms with Crippen molar-refractivity contribution < 1.29 is 28.2 Å². The van der Waals surface area contributed by atoms with E-state index < -0.39 is 24.4 Å². The minimum atomic E-state index is -4.08. The minimum absolute atomic E-state index is 0.0995. The number of nitrogens with two attached hydrogens (primary N) is 2. The molecule has 0 bridgehead atoms. The van der Waals surface area contributed by atoms with Gasteiger partial charge in [0.2, 0.25) is 0 Å². The van der Waals surface area contributed by atoms with Crippen molar-refractivity contribution in [2.45, 2.75) is 52.6 Å². The maximum absolute atomic E-state index is 12.6. The fourth-order valence-corrected chi connectivity index (χ4v) is 3.38. The molecule has 1 aromatic rings. The van der Waals surface area contributed by atoms with Gasteiger partial charge in [0.25, 0.3) is 11.5 Å². The number of nitrogens with one attached hydrogen (secondary N) is 2. The Hall–Kier alpha value is -3.35. The van der Waals surface area contributed by atoms with Gasteiger partial charge in [-0.25, -0.2) is 0 Å². The first-order valence-electron chi connectivity index (χ1n) is 11.7. The maximum atomic E-state index is 12.6. The molecule has 1 aliphatic heterocycles. The van der Waals surface area contributed by atoms with Crippen LogP contribution in [-0.2, 0) is 17.8 Å². The number of nitrogens with zero attached hydrogens (tertiary/aromatic N) is 1. The number of aromatic hydroxyl groups is 1. The van der Waals surface area contributed by atoms with Crippen molar-refractivity contribution in [2.75, 3.05) is 19.6 Å². The molecule has 0 aliphatic carbocycles. The van der Waals surface area contributed by atoms with Crippen molar-refractivity contribution in [3.63, 3.8) is 0 Å². The molecular weight excluding hydrogens is 491 g/mol. The van der Waals surface area contributed by atoms with E-state index in [1.54, 1.807) is 39.0 Å². The van der Waals surface area contributed by atoms with Gasteiger partial charge < -0.3 is 31.6 Å². The van der Waals surface area contributed by atoms with Gasteiger partial charge in [-0.3, -0.25) is 14.9 Å². The second-order valence-electron chi connectivity index (χ2n) is 8.17. The van der Waals surface area contributed by atoms with Gasteiger partial charge in [0.1, 0.15) is 17.5 Å². The highest BCUT2D eigenvalue weighted by Gasteiger charge is 2.29. The number of carbonyl (C=O) groups excluding carboxylic acids is 1. The van der Waals surface area contributed by atoms with Crippen LogP contribution in [0, 0.1) is 0 Å². The topological polar surface area (TPSA) is 158 Å². The number of aliphatic hydroxyl groups excluding tert-OH is 1. The summed E-state index contributed by atoms with van der Waals surface area (Å²) in [5.74, 6) is -0.590. The second kappa shape index (κ2) is 15.0. The number of hydrogen-bond donors (Lipinski definition) is 6. The summed E-state index contributed by atoms with van der Waals surface area (Å²) >= 11 is 0. The Labute approximate surface area is 214 Å². The van der Waals surface area contributed by atoms with Gasteiger partial charge in [0.15, 0.2) is 0 Å². The third kappa shape index (κ3) is 9.90. The van der Waals surface area contributed by atoms with Crippen molar-refractivity contribution in [2.24, 2.45) is 11.5 Å². The fraction of sp³-hybridized carbons (Fsp3) is 0.440. The summed E-state index contributed by atoms with van der Waals surface area (Å²) in [5, 5.41) is 23.3. The van der Waals surface area contributed by atoms with E-state index in [1.807, 2.05) is 0 Å². The molecular formula is C25H36F3N5O4. The van der Waals surface area contributed by atoms with Gasteiger partial charge in [0, 0.05) is 43.5 Å². The number of amides is 1. The Morgan fingerprint density at radius 2 is 1.97 bits per heavy atom. The molecule has 1 unspecified atom stereocenters. The van der Waals surface area contributed by atoms with E-state index in [-0.39, 0.29) is 36.9 Å². The van der Waals surface area contributed by atoms with Gasteiger partial charge >= 0.3 is 6.18 Å². The number of aromatic nitrogens is 1. The van der Waals surface area contributed by atoms with Crippen LogP contribution in [0.15, 0.2) is 52.5 Å². The van der Waals surface area contributed by atoms with Gasteiger partial charge in [-0.05, 0) is 20.8 Å². The fourth-order valence-electron chi connectivity index (χ4n) is 3.38. The van der Waals surface area contributed by atoms with Crippen LogP contribution in [0.5, 0.6) is 5.75 Å². The predicted molar refractivity (Wildman–Crippen MR) is 136 cm³/mol. The van der Waals surface area contributed by atoms with Crippen molar-refractivity contribution >= 4 is 5.91 Å². The molecule has 0 radical (unpaired) electrons. The van der Waals surface area contributed by atoms with E-state index in [9.17, 15) is 33.0 Å². The maximum Gasteiger partial charge on any atom is 0.392 e. The van der Waals surface area contributed by atoms with Gasteiger partial charge in [-0.2, -0.15) is 13.2 Å². The Kier molecular flexibility index (Phi) is 12.9. The van der Waals surface area contributed by atoms with Crippen LogP contribution in [0.1, 0.15) is 50.2 Å². The molecule has 1 aliphatic rings. The van der Waals surface area contributed by atoms with E-state index >= 15 is 0 Å². The third-order valence-electron chi connectivity index (χ3n) is 5.40. The van der Waals surface area contributed by atoms with Crippen LogP contribution in [0.2, 0.25) is 0 Å². The Balaban J connectivity index is 0.000000525. The van der Waals surface area contributed by atoms with Crippen LogP contribution < -0.4 is 22.3 Å². The lowest BCUT2D eigenvalue weighted by Gasteiger charge is -2.30. The number of aliphatic hydroxyl groups is 1. The number of H-pyrrole nitrogens is 1. The van der Waals surface area contributed by atoms with Gasteiger partial charge in [-0.15, -0.1) is 0 Å². The lowest BCUT2D eigenvalue weighted by atomic mass is 10.0. The number of aromatic amines is 1. The third-order valence-corrected chi connectivity index (χ3v) is 5.40. The summed E-state index contributed by atoms with van der Waals surface area (Å²) in [7, 11) is 0. The van der Waals surface area contributed by atoms with Crippen LogP contribution >= 0.6 is 0 Å². The largest absolute Gasteiger partial charge is 0.507 e. The molecule has 206 valence electrons. The molecule has 2 heterocycles. The van der Waals surface area contributed by atoms with E-state index in [4.69, 9.17) is 11.5 Å². The van der Waals surface area contributed by atoms with Crippen molar-refractivity contribution in [3.05, 3.63) is 74.9 Å². The van der Waals surface area contributed by atoms with Gasteiger partial charge in [-0.1, -0.05) is 36.0 Å². The van der Waals surface area contributed by atoms with Crippen LogP contribution in [0.3, 0.4) is 0 Å². The molecule has 9 nitrogen and oxygen atoms in total. The number of carbonyl (C=O) groups is 1. The average molecular weight is 528 g/mol. The van der Waals surface area contributed by atoms with Crippen molar-refractivity contribution in [3.8, 4) is 5.75 Å². The normalized spacial score (nSPS) is 15.5. The molecule has 37 heavy (non-hydrogen) atoms. The number of hydrogen-bond acceptors (Lipinski definition) is 7. The zero-order valence-electron chi connectivity index (χ0n) is 21.2. The summed E-state index contributed by atoms with van der Waals surface area (Å²) in [6.45, 7) is 6.34. The highest BCUT2D eigenvalue weighted by molar-refractivity contribution is 5.96. The van der Waals surface area contributed by atoms with Crippen molar-refractivity contribution in [1.29, 1.82) is 0 Å². The quantitative estimate of drug-likeness (QED) is 0.172. The molecule has 0 spiro atoms. The zero-order chi connectivity index (χ0) is 28.2. The number of rotatable bonds is 8. The van der Waals surface area contributed by atoms with E-state index in [0.717, 1.165) is 11.6 Å². The van der Waals surface area contributed by atoms with E-state index in [1.165, 1.54) is 17.2 Å². The Bertz CT molecular complexity index is 1090. The molecule has 12 heteroatoms. The Morgan fingerprint density at radius 1 is 1.30 bits per heavy atom. The summed E-state index contributed by atoms with van der Waals surface area (Å²) < 4.78 is 34.6. The van der Waals surface area contributed by atoms with Gasteiger partial charge in [0.05, 0.1) is 18.5 Å². The van der Waals surface area contributed by atoms with Crippen LogP contribution in [-0.4, -0.2) is 51.8 Å². The predicted octanol–water partition coefficient (Wildman–Crippen LogP) is 2.38. The SMILES string of the molecule is C/C=C(C)\C=C/CC(F)(F)F.C/C=C\C(=C/N)C(=O)N1CCc2[nH]c(=O)c(C(O)NCCN)c(O)c2C1. The van der Waals surface area contributed by atoms with Crippen molar-refractivity contribution in [1.82, 2.24) is 15.2 Å². The Morgan fingerprint density at radius 3 is 2.51 bits per heavy atom. The first kappa shape index (κ1) is 31.7. The van der Waals surface area contributed by atoms with Crippen LogP contribution in [0.4, 0.5) is 13.2 Å². The van der Waals surface area contributed by atoms with E-state index in [0.29, 0.717) is 29.8 Å². The minimum Gasteiger partial charge on any atom is -0.507 e. The van der Waals surface area contributed by atoms with E-state index in [2.05, 4.69) is 10.3 Å². The summed E-state index contributed by atoms with van der Waals surface area (Å²) in [6.07, 6.45) is 2.98. The second-order valence-corrected chi connectivity index (χ2v) is 8.17. The molecule has 1 amide bonds. The molecule has 0 saturated carbocycles. The lowest BCUT2D eigenvalue weighted by Crippen LogP contribution is -2.39. The average Bonchev–Trinajstić information content (AvgIpc) is 2.85. The smallest absolute Gasteiger partial charge is 0.392 e. The number of allylic oxidation sites excluding steroid dienone is 5. The standard InChI is InChI=1S/C17H25N5O4.C8H11F3/c1-2-3-10(8-19)17(26)22-7-4-12-11(9-22)14(23)13(16(25)21-12)15(24)20-6-5-18;1-3-7(2)5-4-6-8(9,10)11/h2-3,8,15,20,24H,4-7,9,18-19H2,1H3,(H2,21,23,25);3-5H,6H2,1-2H3/b3-2-,10-8+;5-4-,7-3-. The number of halogens is 3. The lowest BCUT2D eigenvalue weighted by molar-refractivity contribution is -0.128. The number of fused-ring (bicyclic) bond motifs is 1. The first-order chi connectivity index (χ1) is 17.4. The highest BCUT2D eigenvalue weighted by atomic mass is 19.4. The van der Waals surface area contributed by atoms with Crippen LogP contribution in [0.25, 0.3) is 0 Å². The summed E-state index contributed by atoms with van der Waals surface area (Å²) in [5.41, 5.74) is 12.3. The molecule has 2 rings (SSSR count). The molecule has 1 atom stereocenters. The first-order valence-corrected chi connectivity index (χ1v) is 11.7. The number of alkyl halides is 3. The zero-order valence-corrected chi connectivity index (χ0v) is 21.2. The molecule has 0 saturated heterocycles. The molecule has 8 N–H and O–H groups in total.